The summed E-state index contributed by atoms with van der Waals surface area (Å²) in [6.45, 7) is 0. The van der Waals surface area contributed by atoms with Crippen LogP contribution in [0.4, 0.5) is 0 Å². The molecule has 0 fully saturated rings. The van der Waals surface area contributed by atoms with E-state index in [9.17, 15) is 4.79 Å². The largest absolute Gasteiger partial charge is 0.380 e. The molecule has 0 saturated heterocycles. The number of unbranched alkanes of at least 4 members (excludes halogenated alkanes) is 8. The van der Waals surface area contributed by atoms with Crippen molar-refractivity contribution in [1.29, 1.82) is 0 Å². The Hall–Kier alpha value is -0.900. The molecular weight excluding hydrogens is 330 g/mol. The van der Waals surface area contributed by atoms with Crippen LogP contribution in [-0.4, -0.2) is 11.3 Å². The highest BCUT2D eigenvalue weighted by atomic mass is 79.9. The number of rotatable bonds is 12. The molecule has 0 aliphatic rings. The van der Waals surface area contributed by atoms with Gasteiger partial charge in [-0.3, -0.25) is 0 Å². The fraction of sp³-hybridized carbons (Fsp3) is 0.647. The zero-order valence-corrected chi connectivity index (χ0v) is 14.4. The van der Waals surface area contributed by atoms with E-state index in [1.807, 2.05) is 18.2 Å². The van der Waals surface area contributed by atoms with Crippen molar-refractivity contribution in [3.8, 4) is 0 Å². The zero-order valence-electron chi connectivity index (χ0n) is 12.8. The van der Waals surface area contributed by atoms with Gasteiger partial charge in [0.05, 0.1) is 6.42 Å². The highest BCUT2D eigenvalue weighted by Gasteiger charge is 2.09. The van der Waals surface area contributed by atoms with E-state index in [-0.39, 0.29) is 5.97 Å². The smallest absolute Gasteiger partial charge is 0.245 e. The molecule has 0 spiro atoms. The van der Waals surface area contributed by atoms with Crippen LogP contribution in [-0.2, 0) is 4.79 Å². The molecule has 118 valence electrons. The van der Waals surface area contributed by atoms with Crippen LogP contribution in [0.5, 0.6) is 0 Å². The van der Waals surface area contributed by atoms with Crippen LogP contribution in [0.3, 0.4) is 0 Å². The van der Waals surface area contributed by atoms with E-state index >= 15 is 0 Å². The summed E-state index contributed by atoms with van der Waals surface area (Å²) in [5, 5.41) is 1.13. The zero-order chi connectivity index (χ0) is 15.2. The number of halogens is 1. The van der Waals surface area contributed by atoms with E-state index in [0.29, 0.717) is 6.42 Å². The number of carbonyl (C=O) groups is 1. The first-order valence-corrected chi connectivity index (χ1v) is 9.18. The summed E-state index contributed by atoms with van der Waals surface area (Å²) < 4.78 is 1.45. The molecule has 21 heavy (non-hydrogen) atoms. The van der Waals surface area contributed by atoms with E-state index in [4.69, 9.17) is 4.84 Å². The van der Waals surface area contributed by atoms with Crippen molar-refractivity contribution in [3.05, 3.63) is 30.6 Å². The Morgan fingerprint density at radius 2 is 1.33 bits per heavy atom. The molecule has 0 aliphatic carbocycles. The average Bonchev–Trinajstić information content (AvgIpc) is 2.50. The van der Waals surface area contributed by atoms with E-state index in [0.717, 1.165) is 18.2 Å². The molecule has 0 radical (unpaired) electrons. The molecule has 0 saturated carbocycles. The Morgan fingerprint density at radius 1 is 0.810 bits per heavy atom. The average molecular weight is 357 g/mol. The Bertz CT molecular complexity index is 370. The molecule has 1 heterocycles. The van der Waals surface area contributed by atoms with Crippen LogP contribution in [0.25, 0.3) is 0 Å². The van der Waals surface area contributed by atoms with Gasteiger partial charge >= 0.3 is 5.97 Å². The van der Waals surface area contributed by atoms with E-state index in [1.54, 1.807) is 12.4 Å². The predicted octanol–water partition coefficient (Wildman–Crippen LogP) is 4.23. The van der Waals surface area contributed by atoms with Gasteiger partial charge in [0.1, 0.15) is 0 Å². The van der Waals surface area contributed by atoms with E-state index in [1.165, 1.54) is 49.7 Å². The second-order valence-electron chi connectivity index (χ2n) is 5.32. The second kappa shape index (κ2) is 12.8. The number of aromatic nitrogens is 1. The quantitative estimate of drug-likeness (QED) is 0.318. The van der Waals surface area contributed by atoms with Gasteiger partial charge in [0, 0.05) is 22.2 Å². The third-order valence-electron chi connectivity index (χ3n) is 3.41. The third-order valence-corrected chi connectivity index (χ3v) is 3.97. The normalized spacial score (nSPS) is 10.5. The monoisotopic (exact) mass is 356 g/mol. The van der Waals surface area contributed by atoms with Gasteiger partial charge < -0.3 is 0 Å². The molecule has 4 heteroatoms. The fourth-order valence-corrected chi connectivity index (χ4v) is 2.60. The van der Waals surface area contributed by atoms with E-state index < -0.39 is 0 Å². The third kappa shape index (κ3) is 10.5. The number of pyridine rings is 1. The summed E-state index contributed by atoms with van der Waals surface area (Å²) in [5.41, 5.74) is 0. The maximum Gasteiger partial charge on any atom is 0.380 e. The maximum atomic E-state index is 11.6. The van der Waals surface area contributed by atoms with Crippen LogP contribution in [0.1, 0.15) is 64.2 Å². The molecule has 1 rings (SSSR count). The molecule has 1 aromatic heterocycles. The van der Waals surface area contributed by atoms with Crippen LogP contribution in [0.15, 0.2) is 30.6 Å². The molecule has 0 aliphatic heterocycles. The molecule has 1 aromatic rings. The number of nitrogens with zero attached hydrogens (tertiary/aromatic N) is 1. The highest BCUT2D eigenvalue weighted by molar-refractivity contribution is 9.09. The van der Waals surface area contributed by atoms with Crippen molar-refractivity contribution in [3.63, 3.8) is 0 Å². The Morgan fingerprint density at radius 3 is 1.90 bits per heavy atom. The summed E-state index contributed by atoms with van der Waals surface area (Å²) in [6, 6.07) is 5.57. The van der Waals surface area contributed by atoms with Crippen molar-refractivity contribution >= 4 is 21.9 Å². The van der Waals surface area contributed by atoms with Gasteiger partial charge in [-0.15, -0.1) is 0 Å². The topological polar surface area (TPSA) is 30.2 Å². The Labute approximate surface area is 136 Å². The summed E-state index contributed by atoms with van der Waals surface area (Å²) in [5.74, 6) is -0.152. The van der Waals surface area contributed by atoms with Crippen molar-refractivity contribution in [2.24, 2.45) is 0 Å². The maximum absolute atomic E-state index is 11.6. The minimum absolute atomic E-state index is 0.152. The molecule has 0 amide bonds. The second-order valence-corrected chi connectivity index (χ2v) is 6.11. The van der Waals surface area contributed by atoms with Gasteiger partial charge in [-0.1, -0.05) is 66.9 Å². The molecule has 0 unspecified atom stereocenters. The molecule has 0 N–H and O–H groups in total. The van der Waals surface area contributed by atoms with Crippen molar-refractivity contribution < 1.29 is 14.4 Å². The Kier molecular flexibility index (Phi) is 11.1. The first kappa shape index (κ1) is 18.1. The van der Waals surface area contributed by atoms with Gasteiger partial charge in [-0.2, -0.15) is 4.84 Å². The molecule has 0 bridgehead atoms. The summed E-state index contributed by atoms with van der Waals surface area (Å²) >= 11 is 3.45. The van der Waals surface area contributed by atoms with Crippen LogP contribution < -0.4 is 9.57 Å². The van der Waals surface area contributed by atoms with Crippen LogP contribution in [0.2, 0.25) is 0 Å². The molecular formula is C17H27BrNO2+. The standard InChI is InChI=1S/C17H27BrNO2/c18-14-10-7-5-3-1-2-4-6-9-13-17(20)21-19-15-11-8-12-16-19/h8,11-12,15-16H,1-7,9-10,13-14H2/q+1. The molecule has 3 nitrogen and oxygen atoms in total. The lowest BCUT2D eigenvalue weighted by atomic mass is 10.1. The summed E-state index contributed by atoms with van der Waals surface area (Å²) in [4.78, 5) is 16.8. The first-order chi connectivity index (χ1) is 10.3. The minimum atomic E-state index is -0.152. The van der Waals surface area contributed by atoms with E-state index in [2.05, 4.69) is 15.9 Å². The number of hydrogen-bond donors (Lipinski definition) is 0. The van der Waals surface area contributed by atoms with Gasteiger partial charge in [-0.25, -0.2) is 4.79 Å². The molecule has 0 atom stereocenters. The number of carbonyl (C=O) groups excluding carboxylic acids is 1. The van der Waals surface area contributed by atoms with Crippen LogP contribution in [0, 0.1) is 0 Å². The van der Waals surface area contributed by atoms with Gasteiger partial charge in [-0.05, 0) is 12.8 Å². The van der Waals surface area contributed by atoms with Gasteiger partial charge in [0.25, 0.3) is 0 Å². The lowest BCUT2D eigenvalue weighted by molar-refractivity contribution is -0.869. The Balaban J connectivity index is 1.89. The lowest BCUT2D eigenvalue weighted by Gasteiger charge is -2.01. The summed E-state index contributed by atoms with van der Waals surface area (Å²) in [7, 11) is 0. The van der Waals surface area contributed by atoms with Gasteiger partial charge in [0.15, 0.2) is 0 Å². The molecule has 0 aromatic carbocycles. The first-order valence-electron chi connectivity index (χ1n) is 8.06. The SMILES string of the molecule is O=C(CCCCCCCCCCCBr)O[n+]1ccccc1. The minimum Gasteiger partial charge on any atom is -0.245 e. The van der Waals surface area contributed by atoms with Crippen molar-refractivity contribution in [2.75, 3.05) is 5.33 Å². The number of alkyl halides is 1. The predicted molar refractivity (Wildman–Crippen MR) is 88.2 cm³/mol. The number of hydrogen-bond acceptors (Lipinski definition) is 2. The van der Waals surface area contributed by atoms with Gasteiger partial charge in [0.2, 0.25) is 12.4 Å². The van der Waals surface area contributed by atoms with Crippen molar-refractivity contribution in [2.45, 2.75) is 64.2 Å². The lowest BCUT2D eigenvalue weighted by Crippen LogP contribution is -2.44. The highest BCUT2D eigenvalue weighted by Crippen LogP contribution is 2.11. The van der Waals surface area contributed by atoms with Crippen molar-refractivity contribution in [1.82, 2.24) is 0 Å². The van der Waals surface area contributed by atoms with Crippen LogP contribution >= 0.6 is 15.9 Å². The summed E-state index contributed by atoms with van der Waals surface area (Å²) in [6.07, 6.45) is 15.2. The fourth-order valence-electron chi connectivity index (χ4n) is 2.21.